The molecule has 3 nitrogen and oxygen atoms in total. The van der Waals surface area contributed by atoms with Crippen LogP contribution in [-0.4, -0.2) is 49.3 Å². The molecule has 1 aliphatic heterocycles. The lowest BCUT2D eigenvalue weighted by Crippen LogP contribution is -2.41. The van der Waals surface area contributed by atoms with Crippen LogP contribution in [-0.2, 0) is 0 Å². The molecule has 1 heterocycles. The Labute approximate surface area is 81.1 Å². The number of rotatable bonds is 4. The molecule has 1 rings (SSSR count). The van der Waals surface area contributed by atoms with E-state index in [4.69, 9.17) is 0 Å². The zero-order valence-corrected chi connectivity index (χ0v) is 8.79. The molecule has 1 saturated heterocycles. The first-order valence-electron chi connectivity index (χ1n) is 5.27. The van der Waals surface area contributed by atoms with Gasteiger partial charge in [0.25, 0.3) is 0 Å². The molecule has 0 unspecified atom stereocenters. The Kier molecular flexibility index (Phi) is 4.70. The van der Waals surface area contributed by atoms with E-state index in [1.165, 1.54) is 12.8 Å². The van der Waals surface area contributed by atoms with Crippen molar-refractivity contribution in [3.63, 3.8) is 0 Å². The molecule has 0 radical (unpaired) electrons. The molecule has 0 aromatic rings. The summed E-state index contributed by atoms with van der Waals surface area (Å²) in [5, 5.41) is 12.6. The Morgan fingerprint density at radius 1 is 1.46 bits per heavy atom. The number of nitrogens with one attached hydrogen (secondary N) is 1. The molecule has 2 N–H and O–H groups in total. The molecule has 0 bridgehead atoms. The van der Waals surface area contributed by atoms with Crippen molar-refractivity contribution in [1.29, 1.82) is 0 Å². The Hall–Kier alpha value is -0.120. The molecule has 0 amide bonds. The monoisotopic (exact) mass is 186 g/mol. The van der Waals surface area contributed by atoms with Gasteiger partial charge in [-0.05, 0) is 38.9 Å². The van der Waals surface area contributed by atoms with E-state index in [0.717, 1.165) is 25.6 Å². The summed E-state index contributed by atoms with van der Waals surface area (Å²) in [6, 6.07) is 0. The van der Waals surface area contributed by atoms with Crippen LogP contribution in [0.3, 0.4) is 0 Å². The lowest BCUT2D eigenvalue weighted by molar-refractivity contribution is 0.0922. The van der Waals surface area contributed by atoms with Crippen molar-refractivity contribution < 1.29 is 5.11 Å². The van der Waals surface area contributed by atoms with Gasteiger partial charge >= 0.3 is 0 Å². The summed E-state index contributed by atoms with van der Waals surface area (Å²) >= 11 is 0. The highest BCUT2D eigenvalue weighted by Gasteiger charge is 2.17. The third-order valence-electron chi connectivity index (χ3n) is 2.78. The molecule has 0 aromatic heterocycles. The standard InChI is InChI=1S/C10H22N2O/c1-9-3-5-12(6-4-9)8-10(13)7-11-2/h9-11,13H,3-8H2,1-2H3/t10-/m1/s1. The average Bonchev–Trinajstić information content (AvgIpc) is 2.09. The minimum Gasteiger partial charge on any atom is -0.390 e. The fourth-order valence-electron chi connectivity index (χ4n) is 1.84. The highest BCUT2D eigenvalue weighted by atomic mass is 16.3. The number of hydrogen-bond acceptors (Lipinski definition) is 3. The van der Waals surface area contributed by atoms with E-state index in [1.807, 2.05) is 7.05 Å². The normalized spacial score (nSPS) is 23.3. The number of aliphatic hydroxyl groups excluding tert-OH is 1. The minimum absolute atomic E-state index is 0.210. The lowest BCUT2D eigenvalue weighted by Gasteiger charge is -2.31. The van der Waals surface area contributed by atoms with Crippen LogP contribution in [0, 0.1) is 5.92 Å². The number of hydrogen-bond donors (Lipinski definition) is 2. The second-order valence-electron chi connectivity index (χ2n) is 4.19. The lowest BCUT2D eigenvalue weighted by atomic mass is 9.99. The summed E-state index contributed by atoms with van der Waals surface area (Å²) < 4.78 is 0. The Morgan fingerprint density at radius 2 is 2.08 bits per heavy atom. The van der Waals surface area contributed by atoms with Crippen LogP contribution in [0.2, 0.25) is 0 Å². The number of piperidine rings is 1. The van der Waals surface area contributed by atoms with Crippen LogP contribution in [0.15, 0.2) is 0 Å². The molecule has 78 valence electrons. The molecule has 13 heavy (non-hydrogen) atoms. The van der Waals surface area contributed by atoms with Crippen LogP contribution in [0.25, 0.3) is 0 Å². The van der Waals surface area contributed by atoms with E-state index < -0.39 is 0 Å². The maximum absolute atomic E-state index is 9.56. The molecular formula is C10H22N2O. The van der Waals surface area contributed by atoms with Crippen LogP contribution in [0.5, 0.6) is 0 Å². The third kappa shape index (κ3) is 4.07. The van der Waals surface area contributed by atoms with Gasteiger partial charge in [-0.15, -0.1) is 0 Å². The van der Waals surface area contributed by atoms with Crippen LogP contribution >= 0.6 is 0 Å². The van der Waals surface area contributed by atoms with Crippen molar-refractivity contribution in [3.05, 3.63) is 0 Å². The van der Waals surface area contributed by atoms with Gasteiger partial charge in [-0.1, -0.05) is 6.92 Å². The maximum Gasteiger partial charge on any atom is 0.0791 e. The number of likely N-dealkylation sites (tertiary alicyclic amines) is 1. The van der Waals surface area contributed by atoms with Gasteiger partial charge in [-0.3, -0.25) is 0 Å². The van der Waals surface area contributed by atoms with Gasteiger partial charge in [0.15, 0.2) is 0 Å². The first-order chi connectivity index (χ1) is 6.22. The number of likely N-dealkylation sites (N-methyl/N-ethyl adjacent to an activating group) is 1. The highest BCUT2D eigenvalue weighted by Crippen LogP contribution is 2.15. The fourth-order valence-corrected chi connectivity index (χ4v) is 1.84. The zero-order chi connectivity index (χ0) is 9.68. The van der Waals surface area contributed by atoms with Crippen molar-refractivity contribution in [2.75, 3.05) is 33.2 Å². The molecule has 1 atom stereocenters. The summed E-state index contributed by atoms with van der Waals surface area (Å²) in [6.45, 7) is 6.14. The third-order valence-corrected chi connectivity index (χ3v) is 2.78. The average molecular weight is 186 g/mol. The van der Waals surface area contributed by atoms with Gasteiger partial charge in [0.1, 0.15) is 0 Å². The van der Waals surface area contributed by atoms with E-state index in [1.54, 1.807) is 0 Å². The summed E-state index contributed by atoms with van der Waals surface area (Å²) in [5.74, 6) is 0.873. The molecule has 1 fully saturated rings. The second kappa shape index (κ2) is 5.58. The quantitative estimate of drug-likeness (QED) is 0.663. The van der Waals surface area contributed by atoms with Crippen LogP contribution in [0.4, 0.5) is 0 Å². The Morgan fingerprint density at radius 3 is 2.62 bits per heavy atom. The fraction of sp³-hybridized carbons (Fsp3) is 1.00. The van der Waals surface area contributed by atoms with Crippen molar-refractivity contribution in [3.8, 4) is 0 Å². The van der Waals surface area contributed by atoms with Gasteiger partial charge in [0.2, 0.25) is 0 Å². The smallest absolute Gasteiger partial charge is 0.0791 e. The van der Waals surface area contributed by atoms with Gasteiger partial charge in [-0.2, -0.15) is 0 Å². The molecule has 0 aliphatic carbocycles. The predicted octanol–water partition coefficient (Wildman–Crippen LogP) is 0.299. The number of nitrogens with zero attached hydrogens (tertiary/aromatic N) is 1. The predicted molar refractivity (Wildman–Crippen MR) is 54.8 cm³/mol. The maximum atomic E-state index is 9.56. The molecule has 0 spiro atoms. The van der Waals surface area contributed by atoms with Gasteiger partial charge in [0.05, 0.1) is 6.10 Å². The highest BCUT2D eigenvalue weighted by molar-refractivity contribution is 4.72. The van der Waals surface area contributed by atoms with Crippen molar-refractivity contribution in [1.82, 2.24) is 10.2 Å². The van der Waals surface area contributed by atoms with E-state index in [0.29, 0.717) is 6.54 Å². The first-order valence-corrected chi connectivity index (χ1v) is 5.27. The summed E-state index contributed by atoms with van der Waals surface area (Å²) in [6.07, 6.45) is 2.36. The number of β-amino-alcohol motifs (C(OH)–C–C–N with tert-alkyl or cyclic N) is 1. The van der Waals surface area contributed by atoms with Crippen LogP contribution in [0.1, 0.15) is 19.8 Å². The molecule has 1 aliphatic rings. The summed E-state index contributed by atoms with van der Waals surface area (Å²) in [5.41, 5.74) is 0. The van der Waals surface area contributed by atoms with Gasteiger partial charge in [0, 0.05) is 13.1 Å². The van der Waals surface area contributed by atoms with Crippen molar-refractivity contribution in [2.45, 2.75) is 25.9 Å². The number of aliphatic hydroxyl groups is 1. The van der Waals surface area contributed by atoms with E-state index >= 15 is 0 Å². The second-order valence-corrected chi connectivity index (χ2v) is 4.19. The van der Waals surface area contributed by atoms with Crippen molar-refractivity contribution in [2.24, 2.45) is 5.92 Å². The van der Waals surface area contributed by atoms with E-state index in [-0.39, 0.29) is 6.10 Å². The van der Waals surface area contributed by atoms with E-state index in [2.05, 4.69) is 17.1 Å². The van der Waals surface area contributed by atoms with Gasteiger partial charge < -0.3 is 15.3 Å². The summed E-state index contributed by atoms with van der Waals surface area (Å²) in [4.78, 5) is 2.36. The minimum atomic E-state index is -0.210. The molecule has 3 heteroatoms. The van der Waals surface area contributed by atoms with Crippen LogP contribution < -0.4 is 5.32 Å². The Balaban J connectivity index is 2.14. The topological polar surface area (TPSA) is 35.5 Å². The Bertz CT molecular complexity index is 133. The van der Waals surface area contributed by atoms with E-state index in [9.17, 15) is 5.11 Å². The largest absolute Gasteiger partial charge is 0.390 e. The first kappa shape index (κ1) is 11.0. The zero-order valence-electron chi connectivity index (χ0n) is 8.79. The molecular weight excluding hydrogens is 164 g/mol. The molecule has 0 aromatic carbocycles. The van der Waals surface area contributed by atoms with Gasteiger partial charge in [-0.25, -0.2) is 0 Å². The SMILES string of the molecule is CNC[C@@H](O)CN1CCC(C)CC1. The molecule has 0 saturated carbocycles. The summed E-state index contributed by atoms with van der Waals surface area (Å²) in [7, 11) is 1.88. The van der Waals surface area contributed by atoms with Crippen molar-refractivity contribution >= 4 is 0 Å².